The number of amides is 1. The van der Waals surface area contributed by atoms with Gasteiger partial charge in [0.1, 0.15) is 5.01 Å². The van der Waals surface area contributed by atoms with Crippen LogP contribution in [0.5, 0.6) is 0 Å². The van der Waals surface area contributed by atoms with Crippen molar-refractivity contribution < 1.29 is 4.79 Å². The molecule has 1 aromatic heterocycles. The Morgan fingerprint density at radius 1 is 1.30 bits per heavy atom. The summed E-state index contributed by atoms with van der Waals surface area (Å²) in [5.41, 5.74) is 1.02. The number of carbonyl (C=O) groups is 1. The fourth-order valence-electron chi connectivity index (χ4n) is 2.77. The van der Waals surface area contributed by atoms with Gasteiger partial charge in [-0.25, -0.2) is 4.98 Å². The monoisotopic (exact) mass is 375 g/mol. The van der Waals surface area contributed by atoms with E-state index in [1.54, 1.807) is 11.3 Å². The highest BCUT2D eigenvalue weighted by molar-refractivity contribution is 7.18. The van der Waals surface area contributed by atoms with Gasteiger partial charge in [0.15, 0.2) is 0 Å². The molecule has 2 aromatic rings. The molecular formula is C16H23Cl2N3OS. The van der Waals surface area contributed by atoms with Crippen molar-refractivity contribution in [3.8, 4) is 0 Å². The van der Waals surface area contributed by atoms with Gasteiger partial charge in [0.25, 0.3) is 0 Å². The molecule has 1 aliphatic heterocycles. The number of thiazole rings is 1. The number of hydrogen-bond acceptors (Lipinski definition) is 4. The fourth-order valence-corrected chi connectivity index (χ4v) is 3.79. The van der Waals surface area contributed by atoms with Crippen LogP contribution in [0.25, 0.3) is 10.2 Å². The number of aromatic nitrogens is 1. The van der Waals surface area contributed by atoms with E-state index in [4.69, 9.17) is 0 Å². The van der Waals surface area contributed by atoms with Crippen LogP contribution in [0.2, 0.25) is 0 Å². The van der Waals surface area contributed by atoms with Gasteiger partial charge in [-0.3, -0.25) is 4.79 Å². The molecule has 0 bridgehead atoms. The molecule has 0 unspecified atom stereocenters. The number of carbonyl (C=O) groups excluding carboxylic acids is 1. The van der Waals surface area contributed by atoms with E-state index in [1.807, 2.05) is 30.1 Å². The Kier molecular flexibility index (Phi) is 8.26. The quantitative estimate of drug-likeness (QED) is 0.889. The van der Waals surface area contributed by atoms with E-state index >= 15 is 0 Å². The van der Waals surface area contributed by atoms with Crippen molar-refractivity contribution in [3.05, 3.63) is 29.3 Å². The molecule has 0 aliphatic carbocycles. The van der Waals surface area contributed by atoms with Gasteiger partial charge in [-0.15, -0.1) is 36.2 Å². The molecule has 1 fully saturated rings. The second kappa shape index (κ2) is 9.42. The van der Waals surface area contributed by atoms with Crippen LogP contribution < -0.4 is 5.32 Å². The number of fused-ring (bicyclic) bond motifs is 1. The van der Waals surface area contributed by atoms with E-state index in [2.05, 4.69) is 16.4 Å². The summed E-state index contributed by atoms with van der Waals surface area (Å²) in [6, 6.07) is 8.12. The van der Waals surface area contributed by atoms with Gasteiger partial charge in [0.05, 0.1) is 16.8 Å². The van der Waals surface area contributed by atoms with Crippen LogP contribution in [0.1, 0.15) is 24.3 Å². The molecule has 2 heterocycles. The van der Waals surface area contributed by atoms with Crippen LogP contribution in [0.4, 0.5) is 0 Å². The minimum absolute atomic E-state index is 0. The third-order valence-corrected chi connectivity index (χ3v) is 5.08. The van der Waals surface area contributed by atoms with Gasteiger partial charge >= 0.3 is 0 Å². The summed E-state index contributed by atoms with van der Waals surface area (Å²) in [5.74, 6) is 0.776. The molecule has 0 spiro atoms. The molecule has 1 saturated heterocycles. The van der Waals surface area contributed by atoms with Crippen LogP contribution in [-0.4, -0.2) is 35.9 Å². The van der Waals surface area contributed by atoms with Gasteiger partial charge in [0.2, 0.25) is 5.91 Å². The van der Waals surface area contributed by atoms with Crippen LogP contribution >= 0.6 is 36.2 Å². The summed E-state index contributed by atoms with van der Waals surface area (Å²) in [5, 5.41) is 4.35. The molecule has 4 nitrogen and oxygen atoms in total. The second-order valence-electron chi connectivity index (χ2n) is 5.72. The first-order valence-electron chi connectivity index (χ1n) is 7.51. The van der Waals surface area contributed by atoms with Gasteiger partial charge in [-0.1, -0.05) is 12.1 Å². The van der Waals surface area contributed by atoms with Crippen LogP contribution in [0.3, 0.4) is 0 Å². The van der Waals surface area contributed by atoms with Crippen molar-refractivity contribution in [1.29, 1.82) is 0 Å². The molecule has 0 atom stereocenters. The van der Waals surface area contributed by atoms with Gasteiger partial charge in [-0.2, -0.15) is 0 Å². The summed E-state index contributed by atoms with van der Waals surface area (Å²) >= 11 is 1.67. The highest BCUT2D eigenvalue weighted by Crippen LogP contribution is 2.23. The van der Waals surface area contributed by atoms with Crippen LogP contribution in [0, 0.1) is 5.92 Å². The standard InChI is InChI=1S/C16H21N3OS.2ClH/c1-19(16(20)10-12-6-8-17-9-7-12)11-15-18-13-4-2-3-5-14(13)21-15;;/h2-5,12,17H,6-11H2,1H3;2*1H. The summed E-state index contributed by atoms with van der Waals surface area (Å²) in [6.45, 7) is 2.70. The van der Waals surface area contributed by atoms with Crippen molar-refractivity contribution in [3.63, 3.8) is 0 Å². The molecule has 1 aromatic carbocycles. The molecule has 0 saturated carbocycles. The molecule has 3 rings (SSSR count). The van der Waals surface area contributed by atoms with Gasteiger partial charge in [0, 0.05) is 13.5 Å². The van der Waals surface area contributed by atoms with Crippen molar-refractivity contribution in [2.45, 2.75) is 25.8 Å². The first-order valence-corrected chi connectivity index (χ1v) is 8.33. The van der Waals surface area contributed by atoms with Crippen LogP contribution in [-0.2, 0) is 11.3 Å². The Hall–Kier alpha value is -0.880. The van der Waals surface area contributed by atoms with Gasteiger partial charge < -0.3 is 10.2 Å². The van der Waals surface area contributed by atoms with E-state index in [0.717, 1.165) is 36.5 Å². The largest absolute Gasteiger partial charge is 0.339 e. The lowest BCUT2D eigenvalue weighted by atomic mass is 9.94. The smallest absolute Gasteiger partial charge is 0.222 e. The molecule has 1 aliphatic rings. The molecule has 1 N–H and O–H groups in total. The molecule has 0 radical (unpaired) electrons. The van der Waals surface area contributed by atoms with Crippen molar-refractivity contribution in [1.82, 2.24) is 15.2 Å². The predicted molar refractivity (Wildman–Crippen MR) is 101 cm³/mol. The molecule has 7 heteroatoms. The average Bonchev–Trinajstić information content (AvgIpc) is 2.90. The van der Waals surface area contributed by atoms with Crippen LogP contribution in [0.15, 0.2) is 24.3 Å². The zero-order chi connectivity index (χ0) is 14.7. The van der Waals surface area contributed by atoms with E-state index < -0.39 is 0 Å². The highest BCUT2D eigenvalue weighted by Gasteiger charge is 2.19. The lowest BCUT2D eigenvalue weighted by Gasteiger charge is -2.24. The number of nitrogens with one attached hydrogen (secondary N) is 1. The first kappa shape index (κ1) is 20.2. The van der Waals surface area contributed by atoms with E-state index in [1.165, 1.54) is 4.70 Å². The van der Waals surface area contributed by atoms with E-state index in [0.29, 0.717) is 18.9 Å². The number of rotatable bonds is 4. The maximum Gasteiger partial charge on any atom is 0.222 e. The Morgan fingerprint density at radius 3 is 2.70 bits per heavy atom. The maximum absolute atomic E-state index is 12.3. The zero-order valence-corrected chi connectivity index (χ0v) is 15.6. The Morgan fingerprint density at radius 2 is 2.00 bits per heavy atom. The Balaban J connectivity index is 0.00000132. The van der Waals surface area contributed by atoms with Crippen molar-refractivity contribution >= 4 is 52.3 Å². The first-order chi connectivity index (χ1) is 10.2. The third kappa shape index (κ3) is 5.31. The van der Waals surface area contributed by atoms with E-state index in [-0.39, 0.29) is 30.7 Å². The van der Waals surface area contributed by atoms with Gasteiger partial charge in [-0.05, 0) is 44.0 Å². The summed E-state index contributed by atoms with van der Waals surface area (Å²) in [7, 11) is 1.88. The average molecular weight is 376 g/mol. The lowest BCUT2D eigenvalue weighted by Crippen LogP contribution is -2.33. The number of para-hydroxylation sites is 1. The minimum atomic E-state index is 0. The molecular weight excluding hydrogens is 353 g/mol. The number of hydrogen-bond donors (Lipinski definition) is 1. The fraction of sp³-hybridized carbons (Fsp3) is 0.500. The topological polar surface area (TPSA) is 45.2 Å². The number of nitrogens with zero attached hydrogens (tertiary/aromatic N) is 2. The Labute approximate surface area is 153 Å². The molecule has 23 heavy (non-hydrogen) atoms. The lowest BCUT2D eigenvalue weighted by molar-refractivity contribution is -0.131. The highest BCUT2D eigenvalue weighted by atomic mass is 35.5. The normalized spacial score (nSPS) is 14.8. The number of benzene rings is 1. The minimum Gasteiger partial charge on any atom is -0.339 e. The maximum atomic E-state index is 12.3. The van der Waals surface area contributed by atoms with E-state index in [9.17, 15) is 4.79 Å². The zero-order valence-electron chi connectivity index (χ0n) is 13.2. The molecule has 128 valence electrons. The summed E-state index contributed by atoms with van der Waals surface area (Å²) in [4.78, 5) is 18.7. The summed E-state index contributed by atoms with van der Waals surface area (Å²) in [6.07, 6.45) is 2.89. The predicted octanol–water partition coefficient (Wildman–Crippen LogP) is 3.49. The number of halogens is 2. The third-order valence-electron chi connectivity index (χ3n) is 4.06. The number of piperidine rings is 1. The second-order valence-corrected chi connectivity index (χ2v) is 6.84. The Bertz CT molecular complexity index is 596. The van der Waals surface area contributed by atoms with Crippen molar-refractivity contribution in [2.24, 2.45) is 5.92 Å². The molecule has 1 amide bonds. The van der Waals surface area contributed by atoms with Crippen molar-refractivity contribution in [2.75, 3.05) is 20.1 Å². The SMILES string of the molecule is CN(Cc1nc2ccccc2s1)C(=O)CC1CCNCC1.Cl.Cl. The summed E-state index contributed by atoms with van der Waals surface area (Å²) < 4.78 is 1.19.